The van der Waals surface area contributed by atoms with Crippen LogP contribution in [0.2, 0.25) is 0 Å². The zero-order chi connectivity index (χ0) is 31.9. The van der Waals surface area contributed by atoms with Crippen LogP contribution in [-0.2, 0) is 10.5 Å². The molecule has 12 nitrogen and oxygen atoms in total. The molecule has 0 aliphatic carbocycles. The molecule has 0 saturated carbocycles. The zero-order valence-electron chi connectivity index (χ0n) is 25.5. The van der Waals surface area contributed by atoms with Crippen LogP contribution in [0.1, 0.15) is 66.4 Å². The standard InChI is InChI=1S/C23H24N10OS2.C7H12FN/c1-4-33(12(2)17-18(26)29-6-5-28-17)21-14(8-25)20(30-22(31-21)34-3)32-10-23(11-32)16-13(7-24)19(27)36-15(16)9-35-23;8-6-4-7-2-1-3-9(7)5-6/h5-6,12H,4,9-11,27H2,1-3H3,(H2,26,29);6-7H,1-5H2. The minimum atomic E-state index is -0.518. The van der Waals surface area contributed by atoms with Crippen molar-refractivity contribution in [3.05, 3.63) is 39.7 Å². The van der Waals surface area contributed by atoms with E-state index in [4.69, 9.17) is 16.2 Å². The molecule has 7 heterocycles. The van der Waals surface area contributed by atoms with Gasteiger partial charge in [0.25, 0.3) is 0 Å². The number of nitriles is 2. The number of aromatic nitrogens is 4. The first-order chi connectivity index (χ1) is 21.7. The first kappa shape index (κ1) is 31.1. The van der Waals surface area contributed by atoms with Crippen LogP contribution >= 0.6 is 23.1 Å². The molecular weight excluding hydrogens is 614 g/mol. The van der Waals surface area contributed by atoms with Crippen molar-refractivity contribution in [2.75, 3.05) is 61.1 Å². The predicted octanol–water partition coefficient (Wildman–Crippen LogP) is 3.99. The van der Waals surface area contributed by atoms with E-state index in [1.807, 2.05) is 35.4 Å². The SMILES string of the molecule is CCN(c1nc(OC)nc(N2CC3(C2)SCc2sc(N)c(C#N)c23)c1C#N)C(C)c1nccnc1N.FC1CC2CCCN2C1. The maximum absolute atomic E-state index is 12.6. The van der Waals surface area contributed by atoms with E-state index >= 15 is 0 Å². The number of hydrogen-bond acceptors (Lipinski definition) is 14. The summed E-state index contributed by atoms with van der Waals surface area (Å²) in [7, 11) is 1.50. The Morgan fingerprint density at radius 3 is 2.62 bits per heavy atom. The van der Waals surface area contributed by atoms with E-state index in [9.17, 15) is 14.9 Å². The Morgan fingerprint density at radius 1 is 1.20 bits per heavy atom. The van der Waals surface area contributed by atoms with Gasteiger partial charge in [-0.3, -0.25) is 9.88 Å². The highest BCUT2D eigenvalue weighted by molar-refractivity contribution is 8.00. The number of rotatable bonds is 6. The van der Waals surface area contributed by atoms with Crippen LogP contribution < -0.4 is 26.0 Å². The number of thioether (sulfide) groups is 1. The maximum Gasteiger partial charge on any atom is 0.320 e. The fourth-order valence-electron chi connectivity index (χ4n) is 6.95. The van der Waals surface area contributed by atoms with Gasteiger partial charge in [-0.1, -0.05) is 0 Å². The third kappa shape index (κ3) is 5.47. The van der Waals surface area contributed by atoms with Crippen LogP contribution in [0.4, 0.5) is 26.8 Å². The molecule has 3 aromatic heterocycles. The number of halogens is 1. The Bertz CT molecular complexity index is 1650. The molecule has 4 aliphatic heterocycles. The summed E-state index contributed by atoms with van der Waals surface area (Å²) in [6, 6.07) is 5.08. The number of methoxy groups -OCH3 is 1. The van der Waals surface area contributed by atoms with E-state index in [-0.39, 0.29) is 16.8 Å². The van der Waals surface area contributed by atoms with Gasteiger partial charge in [0.1, 0.15) is 40.4 Å². The van der Waals surface area contributed by atoms with Gasteiger partial charge in [-0.15, -0.1) is 23.1 Å². The first-order valence-electron chi connectivity index (χ1n) is 15.0. The third-order valence-corrected chi connectivity index (χ3v) is 11.7. The van der Waals surface area contributed by atoms with Gasteiger partial charge in [-0.25, -0.2) is 9.37 Å². The summed E-state index contributed by atoms with van der Waals surface area (Å²) in [5, 5.41) is 20.5. The number of nitrogen functional groups attached to an aromatic ring is 2. The lowest BCUT2D eigenvalue weighted by Crippen LogP contribution is -2.57. The molecule has 0 bridgehead atoms. The molecular formula is C30H36FN11OS2. The summed E-state index contributed by atoms with van der Waals surface area (Å²) < 4.78 is 17.8. The second-order valence-electron chi connectivity index (χ2n) is 11.6. The molecule has 1 spiro atoms. The summed E-state index contributed by atoms with van der Waals surface area (Å²) in [5.41, 5.74) is 14.8. The average molecular weight is 650 g/mol. The molecule has 3 saturated heterocycles. The summed E-state index contributed by atoms with van der Waals surface area (Å²) in [4.78, 5) is 25.1. The smallest absolute Gasteiger partial charge is 0.320 e. The highest BCUT2D eigenvalue weighted by atomic mass is 32.2. The van der Waals surface area contributed by atoms with E-state index in [0.717, 1.165) is 29.2 Å². The molecule has 0 radical (unpaired) electrons. The number of ether oxygens (including phenoxy) is 1. The van der Waals surface area contributed by atoms with Gasteiger partial charge in [0.15, 0.2) is 11.6 Å². The number of nitrogens with two attached hydrogens (primary N) is 2. The number of alkyl halides is 1. The number of fused-ring (bicyclic) bond motifs is 3. The summed E-state index contributed by atoms with van der Waals surface area (Å²) in [5.74, 6) is 2.09. The van der Waals surface area contributed by atoms with Gasteiger partial charge in [0, 0.05) is 60.8 Å². The van der Waals surface area contributed by atoms with Gasteiger partial charge in [0.05, 0.1) is 23.5 Å². The minimum absolute atomic E-state index is 0.162. The Hall–Kier alpha value is -3.92. The minimum Gasteiger partial charge on any atom is -0.467 e. The quantitative estimate of drug-likeness (QED) is 0.393. The number of nitrogens with zero attached hydrogens (tertiary/aromatic N) is 9. The average Bonchev–Trinajstić information content (AvgIpc) is 3.77. The van der Waals surface area contributed by atoms with Crippen LogP contribution in [-0.4, -0.2) is 76.9 Å². The summed E-state index contributed by atoms with van der Waals surface area (Å²) in [6.07, 6.45) is 5.94. The fraction of sp³-hybridized carbons (Fsp3) is 0.533. The monoisotopic (exact) mass is 649 g/mol. The van der Waals surface area contributed by atoms with Crippen molar-refractivity contribution in [2.45, 2.75) is 61.9 Å². The van der Waals surface area contributed by atoms with Crippen molar-refractivity contribution < 1.29 is 9.13 Å². The molecule has 7 rings (SSSR count). The van der Waals surface area contributed by atoms with E-state index in [1.54, 1.807) is 12.4 Å². The molecule has 0 amide bonds. The lowest BCUT2D eigenvalue weighted by atomic mass is 9.88. The molecule has 4 N–H and O–H groups in total. The van der Waals surface area contributed by atoms with Crippen molar-refractivity contribution in [2.24, 2.45) is 0 Å². The number of hydrogen-bond donors (Lipinski definition) is 2. The van der Waals surface area contributed by atoms with Gasteiger partial charge < -0.3 is 26.0 Å². The normalized spacial score (nSPS) is 21.6. The number of anilines is 4. The molecule has 0 aromatic carbocycles. The molecule has 3 unspecified atom stereocenters. The van der Waals surface area contributed by atoms with Crippen molar-refractivity contribution in [1.29, 1.82) is 10.5 Å². The van der Waals surface area contributed by atoms with E-state index in [0.29, 0.717) is 71.5 Å². The van der Waals surface area contributed by atoms with Crippen LogP contribution in [0.3, 0.4) is 0 Å². The third-order valence-electron chi connectivity index (χ3n) is 9.08. The highest BCUT2D eigenvalue weighted by Crippen LogP contribution is 2.58. The molecule has 236 valence electrons. The molecule has 15 heteroatoms. The molecule has 4 aliphatic rings. The van der Waals surface area contributed by atoms with Crippen molar-refractivity contribution >= 4 is 45.6 Å². The number of thiophene rings is 1. The predicted molar refractivity (Wildman–Crippen MR) is 174 cm³/mol. The summed E-state index contributed by atoms with van der Waals surface area (Å²) in [6.45, 7) is 7.51. The van der Waals surface area contributed by atoms with Gasteiger partial charge >= 0.3 is 6.01 Å². The van der Waals surface area contributed by atoms with Crippen LogP contribution in [0.25, 0.3) is 0 Å². The largest absolute Gasteiger partial charge is 0.467 e. The maximum atomic E-state index is 12.6. The Morgan fingerprint density at radius 2 is 1.96 bits per heavy atom. The Balaban J connectivity index is 0.000000337. The Labute approximate surface area is 270 Å². The van der Waals surface area contributed by atoms with Crippen molar-refractivity contribution in [1.82, 2.24) is 24.8 Å². The molecule has 3 aromatic rings. The molecule has 45 heavy (non-hydrogen) atoms. The second kappa shape index (κ2) is 12.5. The first-order valence-corrected chi connectivity index (χ1v) is 16.8. The van der Waals surface area contributed by atoms with Crippen molar-refractivity contribution in [3.63, 3.8) is 0 Å². The molecule has 3 fully saturated rings. The van der Waals surface area contributed by atoms with Gasteiger partial charge in [-0.05, 0) is 39.7 Å². The lowest BCUT2D eigenvalue weighted by Gasteiger charge is -2.48. The Kier molecular flexibility index (Phi) is 8.61. The summed E-state index contributed by atoms with van der Waals surface area (Å²) >= 11 is 3.30. The lowest BCUT2D eigenvalue weighted by molar-refractivity contribution is 0.292. The highest BCUT2D eigenvalue weighted by Gasteiger charge is 2.53. The van der Waals surface area contributed by atoms with Crippen LogP contribution in [0, 0.1) is 22.7 Å². The van der Waals surface area contributed by atoms with Crippen LogP contribution in [0.5, 0.6) is 6.01 Å². The topological polar surface area (TPSA) is 170 Å². The van der Waals surface area contributed by atoms with Crippen molar-refractivity contribution in [3.8, 4) is 18.1 Å². The van der Waals surface area contributed by atoms with Crippen LogP contribution in [0.15, 0.2) is 12.4 Å². The van der Waals surface area contributed by atoms with E-state index in [2.05, 4.69) is 37.0 Å². The van der Waals surface area contributed by atoms with E-state index < -0.39 is 6.17 Å². The second-order valence-corrected chi connectivity index (χ2v) is 14.1. The fourth-order valence-corrected chi connectivity index (χ4v) is 9.75. The van der Waals surface area contributed by atoms with E-state index in [1.165, 1.54) is 31.3 Å². The molecule has 3 atom stereocenters. The zero-order valence-corrected chi connectivity index (χ0v) is 27.2. The van der Waals surface area contributed by atoms with Gasteiger partial charge in [-0.2, -0.15) is 20.5 Å². The van der Waals surface area contributed by atoms with Gasteiger partial charge in [0.2, 0.25) is 0 Å².